The second-order valence-electron chi connectivity index (χ2n) is 16.7. The first-order chi connectivity index (χ1) is 31.5. The molecule has 64 heavy (non-hydrogen) atoms. The fourth-order valence-electron chi connectivity index (χ4n) is 9.08. The van der Waals surface area contributed by atoms with Crippen molar-refractivity contribution in [3.8, 4) is 0 Å². The molecule has 0 radical (unpaired) electrons. The Labute approximate surface area is 375 Å². The average molecular weight is 831 g/mol. The predicted molar refractivity (Wildman–Crippen MR) is 269 cm³/mol. The number of esters is 1. The number of hydrogen-bond acceptors (Lipinski definition) is 4. The van der Waals surface area contributed by atoms with Gasteiger partial charge in [0.1, 0.15) is 6.10 Å². The van der Waals surface area contributed by atoms with E-state index in [2.05, 4.69) is 242 Å². The summed E-state index contributed by atoms with van der Waals surface area (Å²) >= 11 is 0. The fraction of sp³-hybridized carbons (Fsp3) is 0.117. The van der Waals surface area contributed by atoms with E-state index in [1.54, 1.807) is 0 Å². The minimum atomic E-state index is -0.472. The first-order valence-electron chi connectivity index (χ1n) is 22.5. The molecule has 0 saturated heterocycles. The maximum atomic E-state index is 13.7. The van der Waals surface area contributed by atoms with E-state index in [1.165, 1.54) is 43.1 Å². The summed E-state index contributed by atoms with van der Waals surface area (Å²) in [6.07, 6.45) is 1.54. The summed E-state index contributed by atoms with van der Waals surface area (Å²) in [5.41, 5.74) is 8.41. The molecule has 0 fully saturated rings. The number of ether oxygens (including phenoxy) is 1. The smallest absolute Gasteiger partial charge is 0.309 e. The summed E-state index contributed by atoms with van der Waals surface area (Å²) in [5.74, 6) is -0.304. The van der Waals surface area contributed by atoms with E-state index in [0.29, 0.717) is 6.42 Å². The van der Waals surface area contributed by atoms with Crippen molar-refractivity contribution in [3.05, 3.63) is 230 Å². The van der Waals surface area contributed by atoms with Crippen LogP contribution in [-0.4, -0.2) is 5.97 Å². The number of benzene rings is 10. The molecule has 0 amide bonds. The Balaban J connectivity index is 0.997. The monoisotopic (exact) mass is 830 g/mol. The predicted octanol–water partition coefficient (Wildman–Crippen LogP) is 16.5. The lowest BCUT2D eigenvalue weighted by atomic mass is 9.99. The molecular weight excluding hydrogens is 781 g/mol. The number of carbonyl (C=O) groups is 1. The molecule has 10 rings (SSSR count). The van der Waals surface area contributed by atoms with Crippen LogP contribution in [0.2, 0.25) is 0 Å². The molecule has 0 saturated carbocycles. The highest BCUT2D eigenvalue weighted by molar-refractivity contribution is 5.94. The molecule has 10 aromatic rings. The van der Waals surface area contributed by atoms with Gasteiger partial charge in [0.2, 0.25) is 0 Å². The molecule has 0 aliphatic heterocycles. The Hall–Kier alpha value is -7.69. The molecule has 4 heteroatoms. The minimum Gasteiger partial charge on any atom is -0.457 e. The van der Waals surface area contributed by atoms with Crippen molar-refractivity contribution in [2.45, 2.75) is 39.2 Å². The zero-order valence-electron chi connectivity index (χ0n) is 36.3. The highest BCUT2D eigenvalue weighted by Gasteiger charge is 2.24. The lowest BCUT2D eigenvalue weighted by molar-refractivity contribution is -0.154. The molecule has 4 nitrogen and oxygen atoms in total. The number of hydrogen-bond donors (Lipinski definition) is 0. The van der Waals surface area contributed by atoms with Gasteiger partial charge in [-0.3, -0.25) is 4.79 Å². The SMILES string of the molecule is CCC(CC)C(=O)OC(Cc1ccc(N(c2ccc3ccccc3c2)c2ccc3ccccc3c2)cc1)c1ccc(N(c2ccc3ccccc3c2)c2ccc3ccccc3c2)cc1. The highest BCUT2D eigenvalue weighted by Crippen LogP contribution is 2.40. The lowest BCUT2D eigenvalue weighted by Crippen LogP contribution is -2.21. The maximum Gasteiger partial charge on any atom is 0.309 e. The van der Waals surface area contributed by atoms with Crippen molar-refractivity contribution in [1.82, 2.24) is 0 Å². The molecular formula is C60H50N2O2. The molecule has 0 spiro atoms. The molecule has 1 atom stereocenters. The Morgan fingerprint density at radius 3 is 1.05 bits per heavy atom. The quantitative estimate of drug-likeness (QED) is 0.108. The first-order valence-corrected chi connectivity index (χ1v) is 22.5. The molecule has 0 aromatic heterocycles. The van der Waals surface area contributed by atoms with Crippen molar-refractivity contribution in [2.24, 2.45) is 5.92 Å². The Morgan fingerprint density at radius 1 is 0.391 bits per heavy atom. The van der Waals surface area contributed by atoms with Gasteiger partial charge in [-0.25, -0.2) is 0 Å². The van der Waals surface area contributed by atoms with Gasteiger partial charge in [-0.15, -0.1) is 0 Å². The van der Waals surface area contributed by atoms with Gasteiger partial charge in [0.25, 0.3) is 0 Å². The number of nitrogens with zero attached hydrogens (tertiary/aromatic N) is 2. The van der Waals surface area contributed by atoms with Gasteiger partial charge in [0, 0.05) is 40.5 Å². The van der Waals surface area contributed by atoms with Crippen LogP contribution in [0.4, 0.5) is 34.1 Å². The van der Waals surface area contributed by atoms with Gasteiger partial charge in [0.05, 0.1) is 5.92 Å². The van der Waals surface area contributed by atoms with Crippen LogP contribution in [0.5, 0.6) is 0 Å². The lowest BCUT2D eigenvalue weighted by Gasteiger charge is -2.27. The van der Waals surface area contributed by atoms with Gasteiger partial charge in [0.15, 0.2) is 0 Å². The fourth-order valence-corrected chi connectivity index (χ4v) is 9.08. The second-order valence-corrected chi connectivity index (χ2v) is 16.7. The van der Waals surface area contributed by atoms with Crippen LogP contribution in [0.1, 0.15) is 43.9 Å². The van der Waals surface area contributed by atoms with E-state index in [9.17, 15) is 4.79 Å². The first kappa shape index (κ1) is 40.4. The van der Waals surface area contributed by atoms with Gasteiger partial charge in [-0.1, -0.05) is 159 Å². The normalized spacial score (nSPS) is 11.9. The van der Waals surface area contributed by atoms with E-state index in [-0.39, 0.29) is 11.9 Å². The van der Waals surface area contributed by atoms with Gasteiger partial charge >= 0.3 is 5.97 Å². The molecule has 0 aliphatic carbocycles. The highest BCUT2D eigenvalue weighted by atomic mass is 16.5. The van der Waals surface area contributed by atoms with Crippen LogP contribution < -0.4 is 9.80 Å². The van der Waals surface area contributed by atoms with Crippen molar-refractivity contribution >= 4 is 83.2 Å². The summed E-state index contributed by atoms with van der Waals surface area (Å²) < 4.78 is 6.49. The van der Waals surface area contributed by atoms with Crippen LogP contribution in [0.15, 0.2) is 218 Å². The van der Waals surface area contributed by atoms with E-state index in [1.807, 2.05) is 0 Å². The molecule has 0 heterocycles. The van der Waals surface area contributed by atoms with Crippen LogP contribution in [0.25, 0.3) is 43.1 Å². The minimum absolute atomic E-state index is 0.150. The third-order valence-electron chi connectivity index (χ3n) is 12.7. The molecule has 312 valence electrons. The zero-order valence-corrected chi connectivity index (χ0v) is 36.3. The number of carbonyl (C=O) groups excluding carboxylic acids is 1. The number of rotatable bonds is 13. The topological polar surface area (TPSA) is 32.8 Å². The molecule has 10 aromatic carbocycles. The Bertz CT molecular complexity index is 3090. The zero-order chi connectivity index (χ0) is 43.4. The maximum absolute atomic E-state index is 13.7. The van der Waals surface area contributed by atoms with E-state index < -0.39 is 6.10 Å². The average Bonchev–Trinajstić information content (AvgIpc) is 3.35. The Morgan fingerprint density at radius 2 is 0.703 bits per heavy atom. The second kappa shape index (κ2) is 18.0. The molecule has 0 N–H and O–H groups in total. The summed E-state index contributed by atoms with van der Waals surface area (Å²) in [6, 6.07) is 77.8. The molecule has 1 unspecified atom stereocenters. The van der Waals surface area contributed by atoms with Crippen LogP contribution >= 0.6 is 0 Å². The van der Waals surface area contributed by atoms with Crippen LogP contribution in [-0.2, 0) is 16.0 Å². The van der Waals surface area contributed by atoms with Gasteiger partial charge < -0.3 is 14.5 Å². The standard InChI is InChI=1S/C60H50N2O2/c1-3-43(4-2)60(63)64-59(48-27-31-54(32-28-48)62(57-35-25-46-15-7-11-19-51(46)40-57)58-36-26-47-16-8-12-20-52(47)41-58)37-42-21-29-53(30-22-42)61(55-33-23-44-13-5-9-17-49(44)38-55)56-34-24-45-14-6-10-18-50(45)39-56/h5-36,38-41,43,59H,3-4,37H2,1-2H3. The van der Waals surface area contributed by atoms with Crippen LogP contribution in [0.3, 0.4) is 0 Å². The summed E-state index contributed by atoms with van der Waals surface area (Å²) in [4.78, 5) is 18.4. The van der Waals surface area contributed by atoms with Crippen molar-refractivity contribution in [2.75, 3.05) is 9.80 Å². The van der Waals surface area contributed by atoms with E-state index in [0.717, 1.165) is 58.1 Å². The number of anilines is 6. The van der Waals surface area contributed by atoms with Gasteiger partial charge in [-0.2, -0.15) is 0 Å². The van der Waals surface area contributed by atoms with E-state index >= 15 is 0 Å². The molecule has 0 aliphatic rings. The van der Waals surface area contributed by atoms with Crippen molar-refractivity contribution in [3.63, 3.8) is 0 Å². The summed E-state index contributed by atoms with van der Waals surface area (Å²) in [6.45, 7) is 4.12. The van der Waals surface area contributed by atoms with Crippen molar-refractivity contribution < 1.29 is 9.53 Å². The van der Waals surface area contributed by atoms with E-state index in [4.69, 9.17) is 4.74 Å². The summed E-state index contributed by atoms with van der Waals surface area (Å²) in [7, 11) is 0. The Kier molecular flexibility index (Phi) is 11.3. The summed E-state index contributed by atoms with van der Waals surface area (Å²) in [5, 5.41) is 9.55. The van der Waals surface area contributed by atoms with Gasteiger partial charge in [-0.05, 0) is 140 Å². The largest absolute Gasteiger partial charge is 0.457 e. The number of fused-ring (bicyclic) bond motifs is 4. The third-order valence-corrected chi connectivity index (χ3v) is 12.7. The van der Waals surface area contributed by atoms with Crippen LogP contribution in [0, 0.1) is 5.92 Å². The van der Waals surface area contributed by atoms with Crippen molar-refractivity contribution in [1.29, 1.82) is 0 Å². The molecule has 0 bridgehead atoms. The third kappa shape index (κ3) is 8.31.